The van der Waals surface area contributed by atoms with Crippen molar-refractivity contribution in [3.8, 4) is 6.07 Å². The Morgan fingerprint density at radius 1 is 1.18 bits per heavy atom. The van der Waals surface area contributed by atoms with E-state index >= 15 is 0 Å². The fourth-order valence-corrected chi connectivity index (χ4v) is 4.29. The summed E-state index contributed by atoms with van der Waals surface area (Å²) in [6, 6.07) is 8.46. The van der Waals surface area contributed by atoms with Gasteiger partial charge in [-0.15, -0.1) is 12.4 Å². The van der Waals surface area contributed by atoms with Gasteiger partial charge >= 0.3 is 5.97 Å². The van der Waals surface area contributed by atoms with Crippen molar-refractivity contribution in [2.45, 2.75) is 63.8 Å². The van der Waals surface area contributed by atoms with Crippen LogP contribution in [0, 0.1) is 23.2 Å². The molecule has 5 nitrogen and oxygen atoms in total. The first-order valence-corrected chi connectivity index (χ1v) is 9.98. The molecule has 0 aliphatic heterocycles. The molecule has 0 bridgehead atoms. The minimum atomic E-state index is -0.140. The number of halogens is 1. The van der Waals surface area contributed by atoms with E-state index in [2.05, 4.69) is 11.4 Å². The van der Waals surface area contributed by atoms with Crippen molar-refractivity contribution in [1.29, 1.82) is 5.26 Å². The summed E-state index contributed by atoms with van der Waals surface area (Å²) in [5.74, 6) is 0.512. The molecule has 152 valence electrons. The Morgan fingerprint density at radius 3 is 2.61 bits per heavy atom. The van der Waals surface area contributed by atoms with E-state index in [4.69, 9.17) is 10.00 Å². The Labute approximate surface area is 173 Å². The number of carbonyl (C=O) groups is 2. The van der Waals surface area contributed by atoms with Crippen LogP contribution in [0.4, 0.5) is 0 Å². The lowest BCUT2D eigenvalue weighted by atomic mass is 9.83. The number of esters is 1. The average molecular weight is 405 g/mol. The van der Waals surface area contributed by atoms with E-state index in [0.717, 1.165) is 56.9 Å². The largest absolute Gasteiger partial charge is 0.469 e. The summed E-state index contributed by atoms with van der Waals surface area (Å²) in [7, 11) is 1.43. The van der Waals surface area contributed by atoms with Gasteiger partial charge in [-0.3, -0.25) is 9.59 Å². The summed E-state index contributed by atoms with van der Waals surface area (Å²) in [5, 5.41) is 12.3. The molecule has 1 N–H and O–H groups in total. The molecular weight excluding hydrogens is 376 g/mol. The van der Waals surface area contributed by atoms with Crippen molar-refractivity contribution in [3.05, 3.63) is 34.9 Å². The second-order valence-corrected chi connectivity index (χ2v) is 7.86. The third kappa shape index (κ3) is 5.72. The molecule has 0 heterocycles. The maximum atomic E-state index is 12.6. The van der Waals surface area contributed by atoms with E-state index in [1.54, 1.807) is 0 Å². The predicted octanol–water partition coefficient (Wildman–Crippen LogP) is 3.98. The summed E-state index contributed by atoms with van der Waals surface area (Å²) < 4.78 is 4.70. The molecule has 0 radical (unpaired) electrons. The van der Waals surface area contributed by atoms with Gasteiger partial charge in [-0.2, -0.15) is 5.26 Å². The van der Waals surface area contributed by atoms with Crippen LogP contribution in [-0.2, 0) is 22.4 Å². The number of hydrogen-bond acceptors (Lipinski definition) is 4. The highest BCUT2D eigenvalue weighted by Crippen LogP contribution is 2.29. The maximum Gasteiger partial charge on any atom is 0.305 e. The lowest BCUT2D eigenvalue weighted by Crippen LogP contribution is -2.37. The van der Waals surface area contributed by atoms with Crippen molar-refractivity contribution >= 4 is 24.3 Å². The van der Waals surface area contributed by atoms with E-state index in [1.165, 1.54) is 18.2 Å². The number of nitriles is 1. The molecule has 28 heavy (non-hydrogen) atoms. The van der Waals surface area contributed by atoms with Crippen LogP contribution in [0.5, 0.6) is 0 Å². The fraction of sp³-hybridized carbons (Fsp3) is 0.591. The van der Waals surface area contributed by atoms with Gasteiger partial charge in [0.15, 0.2) is 0 Å². The van der Waals surface area contributed by atoms with Gasteiger partial charge in [0.1, 0.15) is 0 Å². The zero-order chi connectivity index (χ0) is 19.2. The van der Waals surface area contributed by atoms with E-state index < -0.39 is 0 Å². The summed E-state index contributed by atoms with van der Waals surface area (Å²) in [6.07, 6.45) is 7.93. The first kappa shape index (κ1) is 22.2. The molecule has 0 aromatic heterocycles. The standard InChI is InChI=1S/C22H28N2O3.ClH/c1-27-21(25)11-5-15-3-9-20(10-4-15)24-22(26)19-8-7-17-12-16(14-23)2-6-18(17)13-19;/h7-8,13,15-16,20H,2-6,9-12H2,1H3,(H,24,26);1H. The van der Waals surface area contributed by atoms with Crippen molar-refractivity contribution in [3.63, 3.8) is 0 Å². The van der Waals surface area contributed by atoms with Crippen molar-refractivity contribution < 1.29 is 14.3 Å². The van der Waals surface area contributed by atoms with Crippen LogP contribution in [0.3, 0.4) is 0 Å². The molecule has 0 saturated heterocycles. The first-order chi connectivity index (χ1) is 13.1. The number of carbonyl (C=O) groups excluding carboxylic acids is 2. The SMILES string of the molecule is COC(=O)CCC1CCC(NC(=O)c2ccc3c(c2)CCC(C#N)C3)CC1.Cl. The van der Waals surface area contributed by atoms with Gasteiger partial charge in [-0.05, 0) is 80.5 Å². The molecule has 1 saturated carbocycles. The normalized spacial score (nSPS) is 23.5. The Morgan fingerprint density at radius 2 is 1.93 bits per heavy atom. The minimum Gasteiger partial charge on any atom is -0.469 e. The number of nitrogens with zero attached hydrogens (tertiary/aromatic N) is 1. The summed E-state index contributed by atoms with van der Waals surface area (Å²) in [4.78, 5) is 23.9. The zero-order valence-electron chi connectivity index (χ0n) is 16.4. The number of fused-ring (bicyclic) bond motifs is 1. The average Bonchev–Trinajstić information content (AvgIpc) is 2.72. The van der Waals surface area contributed by atoms with Gasteiger partial charge in [0.25, 0.3) is 5.91 Å². The topological polar surface area (TPSA) is 79.2 Å². The Kier molecular flexibility index (Phi) is 8.32. The van der Waals surface area contributed by atoms with Crippen LogP contribution in [0.1, 0.15) is 66.4 Å². The quantitative estimate of drug-likeness (QED) is 0.753. The predicted molar refractivity (Wildman–Crippen MR) is 109 cm³/mol. The van der Waals surface area contributed by atoms with Crippen LogP contribution in [0.25, 0.3) is 0 Å². The number of ether oxygens (including phenoxy) is 1. The summed E-state index contributed by atoms with van der Waals surface area (Å²) in [6.45, 7) is 0. The van der Waals surface area contributed by atoms with E-state index in [1.807, 2.05) is 18.2 Å². The Bertz CT molecular complexity index is 736. The molecule has 1 fully saturated rings. The molecule has 0 spiro atoms. The second-order valence-electron chi connectivity index (χ2n) is 7.86. The number of nitrogens with one attached hydrogen (secondary N) is 1. The molecule has 6 heteroatoms. The highest BCUT2D eigenvalue weighted by Gasteiger charge is 2.24. The maximum absolute atomic E-state index is 12.6. The summed E-state index contributed by atoms with van der Waals surface area (Å²) in [5.41, 5.74) is 3.13. The zero-order valence-corrected chi connectivity index (χ0v) is 17.2. The molecule has 3 rings (SSSR count). The van der Waals surface area contributed by atoms with Gasteiger partial charge in [-0.1, -0.05) is 6.07 Å². The van der Waals surface area contributed by atoms with Crippen molar-refractivity contribution in [2.75, 3.05) is 7.11 Å². The fourth-order valence-electron chi connectivity index (χ4n) is 4.29. The van der Waals surface area contributed by atoms with Crippen LogP contribution in [0.2, 0.25) is 0 Å². The number of amides is 1. The van der Waals surface area contributed by atoms with Crippen molar-refractivity contribution in [1.82, 2.24) is 5.32 Å². The van der Waals surface area contributed by atoms with Crippen LogP contribution >= 0.6 is 12.4 Å². The first-order valence-electron chi connectivity index (χ1n) is 9.98. The third-order valence-corrected chi connectivity index (χ3v) is 6.05. The van der Waals surface area contributed by atoms with Crippen molar-refractivity contribution in [2.24, 2.45) is 11.8 Å². The second kappa shape index (κ2) is 10.5. The Hall–Kier alpha value is -2.06. The van der Waals surface area contributed by atoms with E-state index in [9.17, 15) is 9.59 Å². The van der Waals surface area contributed by atoms with E-state index in [0.29, 0.717) is 12.3 Å². The lowest BCUT2D eigenvalue weighted by molar-refractivity contribution is -0.141. The van der Waals surface area contributed by atoms with Crippen LogP contribution < -0.4 is 5.32 Å². The van der Waals surface area contributed by atoms with Crippen LogP contribution in [0.15, 0.2) is 18.2 Å². The molecule has 1 aromatic rings. The van der Waals surface area contributed by atoms with Gasteiger partial charge < -0.3 is 10.1 Å². The monoisotopic (exact) mass is 404 g/mol. The molecule has 1 atom stereocenters. The lowest BCUT2D eigenvalue weighted by Gasteiger charge is -2.29. The number of hydrogen-bond donors (Lipinski definition) is 1. The Balaban J connectivity index is 0.00000280. The van der Waals surface area contributed by atoms with Crippen LogP contribution in [-0.4, -0.2) is 25.0 Å². The number of rotatable bonds is 5. The highest BCUT2D eigenvalue weighted by atomic mass is 35.5. The third-order valence-electron chi connectivity index (χ3n) is 6.05. The minimum absolute atomic E-state index is 0. The smallest absolute Gasteiger partial charge is 0.305 e. The van der Waals surface area contributed by atoms with Gasteiger partial charge in [0, 0.05) is 18.0 Å². The molecular formula is C22H29ClN2O3. The molecule has 2 aliphatic carbocycles. The molecule has 2 aliphatic rings. The number of benzene rings is 1. The molecule has 1 unspecified atom stereocenters. The molecule has 1 amide bonds. The number of aryl methyl sites for hydroxylation is 1. The van der Waals surface area contributed by atoms with Gasteiger partial charge in [-0.25, -0.2) is 0 Å². The summed E-state index contributed by atoms with van der Waals surface area (Å²) >= 11 is 0. The van der Waals surface area contributed by atoms with Gasteiger partial charge in [0.2, 0.25) is 0 Å². The number of methoxy groups -OCH3 is 1. The van der Waals surface area contributed by atoms with Gasteiger partial charge in [0.05, 0.1) is 19.1 Å². The molecule has 1 aromatic carbocycles. The van der Waals surface area contributed by atoms with E-state index in [-0.39, 0.29) is 36.2 Å². The highest BCUT2D eigenvalue weighted by molar-refractivity contribution is 5.94.